The highest BCUT2D eigenvalue weighted by Gasteiger charge is 2.37. The van der Waals surface area contributed by atoms with E-state index in [1.54, 1.807) is 0 Å². The number of rotatable bonds is 3. The van der Waals surface area contributed by atoms with Gasteiger partial charge in [-0.15, -0.1) is 0 Å². The van der Waals surface area contributed by atoms with Crippen LogP contribution in [0.25, 0.3) is 0 Å². The van der Waals surface area contributed by atoms with Crippen molar-refractivity contribution in [1.82, 2.24) is 14.7 Å². The Balaban J connectivity index is 1.71. The molecular formula is C12H19N3O. The van der Waals surface area contributed by atoms with E-state index in [4.69, 9.17) is 0 Å². The zero-order valence-corrected chi connectivity index (χ0v) is 9.98. The largest absolute Gasteiger partial charge is 0.388 e. The van der Waals surface area contributed by atoms with E-state index < -0.39 is 5.60 Å². The molecule has 88 valence electrons. The third kappa shape index (κ3) is 1.76. The van der Waals surface area contributed by atoms with Crippen molar-refractivity contribution < 1.29 is 5.11 Å². The van der Waals surface area contributed by atoms with E-state index in [2.05, 4.69) is 10.00 Å². The second-order valence-corrected chi connectivity index (χ2v) is 5.60. The summed E-state index contributed by atoms with van der Waals surface area (Å²) in [5.41, 5.74) is 2.29. The number of hydrogen-bond donors (Lipinski definition) is 1. The molecule has 1 aromatic rings. The normalized spacial score (nSPS) is 24.4. The lowest BCUT2D eigenvalue weighted by atomic mass is 9.96. The molecular weight excluding hydrogens is 202 g/mol. The number of aryl methyl sites for hydroxylation is 1. The maximum atomic E-state index is 9.70. The molecule has 1 aliphatic carbocycles. The standard InChI is InChI=1S/C12H19N3O/c1-12(16)7-15(8-12)6-10-5-13-14(2)11(10)9-3-4-9/h5,9,16H,3-4,6-8H2,1-2H3. The number of likely N-dealkylation sites (tertiary alicyclic amines) is 1. The Morgan fingerprint density at radius 3 is 2.75 bits per heavy atom. The summed E-state index contributed by atoms with van der Waals surface area (Å²) >= 11 is 0. The van der Waals surface area contributed by atoms with Crippen LogP contribution in [0.3, 0.4) is 0 Å². The molecule has 1 aliphatic heterocycles. The van der Waals surface area contributed by atoms with Crippen LogP contribution in [0.1, 0.15) is 36.9 Å². The van der Waals surface area contributed by atoms with E-state index in [-0.39, 0.29) is 0 Å². The van der Waals surface area contributed by atoms with Gasteiger partial charge in [0.15, 0.2) is 0 Å². The topological polar surface area (TPSA) is 41.3 Å². The fourth-order valence-corrected chi connectivity index (χ4v) is 2.77. The fraction of sp³-hybridized carbons (Fsp3) is 0.750. The lowest BCUT2D eigenvalue weighted by molar-refractivity contribution is -0.0872. The van der Waals surface area contributed by atoms with Gasteiger partial charge in [0.05, 0.1) is 11.8 Å². The van der Waals surface area contributed by atoms with E-state index in [0.29, 0.717) is 0 Å². The van der Waals surface area contributed by atoms with Crippen molar-refractivity contribution in [3.63, 3.8) is 0 Å². The van der Waals surface area contributed by atoms with Crippen LogP contribution in [0, 0.1) is 0 Å². The van der Waals surface area contributed by atoms with Crippen LogP contribution in [0.5, 0.6) is 0 Å². The predicted octanol–water partition coefficient (Wildman–Crippen LogP) is 0.864. The minimum absolute atomic E-state index is 0.470. The maximum absolute atomic E-state index is 9.70. The number of β-amino-alcohol motifs (C(OH)–C–C–N with tert-alkyl or cyclic N) is 1. The smallest absolute Gasteiger partial charge is 0.0872 e. The van der Waals surface area contributed by atoms with Crippen molar-refractivity contribution in [1.29, 1.82) is 0 Å². The molecule has 3 rings (SSSR count). The third-order valence-corrected chi connectivity index (χ3v) is 3.55. The lowest BCUT2D eigenvalue weighted by Crippen LogP contribution is -2.59. The Labute approximate surface area is 95.9 Å². The minimum atomic E-state index is -0.470. The van der Waals surface area contributed by atoms with E-state index in [1.165, 1.54) is 24.1 Å². The van der Waals surface area contributed by atoms with E-state index in [0.717, 1.165) is 25.6 Å². The summed E-state index contributed by atoms with van der Waals surface area (Å²) in [4.78, 5) is 2.28. The van der Waals surface area contributed by atoms with Gasteiger partial charge in [-0.05, 0) is 19.8 Å². The summed E-state index contributed by atoms with van der Waals surface area (Å²) in [6.45, 7) is 4.41. The first kappa shape index (κ1) is 10.3. The highest BCUT2D eigenvalue weighted by atomic mass is 16.3. The van der Waals surface area contributed by atoms with Crippen molar-refractivity contribution in [2.75, 3.05) is 13.1 Å². The number of hydrogen-bond acceptors (Lipinski definition) is 3. The van der Waals surface area contributed by atoms with Crippen molar-refractivity contribution in [3.05, 3.63) is 17.5 Å². The molecule has 2 aliphatic rings. The monoisotopic (exact) mass is 221 g/mol. The quantitative estimate of drug-likeness (QED) is 0.823. The van der Waals surface area contributed by atoms with Crippen LogP contribution in [-0.4, -0.2) is 38.5 Å². The second kappa shape index (κ2) is 3.31. The Kier molecular flexibility index (Phi) is 2.13. The Bertz CT molecular complexity index is 398. The van der Waals surface area contributed by atoms with Gasteiger partial charge in [0.1, 0.15) is 0 Å². The van der Waals surface area contributed by atoms with Gasteiger partial charge in [-0.25, -0.2) is 0 Å². The van der Waals surface area contributed by atoms with Crippen LogP contribution in [0.4, 0.5) is 0 Å². The first-order chi connectivity index (χ1) is 7.55. The van der Waals surface area contributed by atoms with Gasteiger partial charge in [0.2, 0.25) is 0 Å². The Morgan fingerprint density at radius 1 is 1.50 bits per heavy atom. The summed E-state index contributed by atoms with van der Waals surface area (Å²) in [5, 5.41) is 14.0. The summed E-state index contributed by atoms with van der Waals surface area (Å²) in [7, 11) is 2.03. The van der Waals surface area contributed by atoms with Crippen molar-refractivity contribution in [3.8, 4) is 0 Å². The summed E-state index contributed by atoms with van der Waals surface area (Å²) < 4.78 is 2.02. The first-order valence-corrected chi connectivity index (χ1v) is 6.01. The van der Waals surface area contributed by atoms with Crippen molar-refractivity contribution in [2.45, 2.75) is 37.8 Å². The highest BCUT2D eigenvalue weighted by Crippen LogP contribution is 2.41. The molecule has 0 bridgehead atoms. The molecule has 0 atom stereocenters. The molecule has 4 heteroatoms. The first-order valence-electron chi connectivity index (χ1n) is 6.01. The summed E-state index contributed by atoms with van der Waals surface area (Å²) in [5.74, 6) is 0.740. The Hall–Kier alpha value is -0.870. The molecule has 1 aromatic heterocycles. The number of nitrogens with zero attached hydrogens (tertiary/aromatic N) is 3. The van der Waals surface area contributed by atoms with Crippen LogP contribution in [0.2, 0.25) is 0 Å². The van der Waals surface area contributed by atoms with Gasteiger partial charge in [0, 0.05) is 43.9 Å². The molecule has 0 radical (unpaired) electrons. The van der Waals surface area contributed by atoms with E-state index >= 15 is 0 Å². The summed E-state index contributed by atoms with van der Waals surface area (Å²) in [6, 6.07) is 0. The van der Waals surface area contributed by atoms with Crippen LogP contribution < -0.4 is 0 Å². The van der Waals surface area contributed by atoms with Gasteiger partial charge in [-0.2, -0.15) is 5.10 Å². The fourth-order valence-electron chi connectivity index (χ4n) is 2.77. The lowest BCUT2D eigenvalue weighted by Gasteiger charge is -2.44. The van der Waals surface area contributed by atoms with E-state index in [1.807, 2.05) is 24.9 Å². The molecule has 0 unspecified atom stereocenters. The average Bonchev–Trinajstić information content (AvgIpc) is 2.90. The van der Waals surface area contributed by atoms with Crippen LogP contribution in [0.15, 0.2) is 6.20 Å². The zero-order chi connectivity index (χ0) is 11.3. The number of aromatic nitrogens is 2. The molecule has 1 saturated heterocycles. The number of aliphatic hydroxyl groups is 1. The zero-order valence-electron chi connectivity index (χ0n) is 9.98. The van der Waals surface area contributed by atoms with Gasteiger partial charge in [-0.3, -0.25) is 9.58 Å². The van der Waals surface area contributed by atoms with Gasteiger partial charge in [-0.1, -0.05) is 0 Å². The molecule has 1 N–H and O–H groups in total. The Morgan fingerprint density at radius 2 is 2.19 bits per heavy atom. The summed E-state index contributed by atoms with van der Waals surface area (Å²) in [6.07, 6.45) is 4.61. The molecule has 16 heavy (non-hydrogen) atoms. The molecule has 0 amide bonds. The van der Waals surface area contributed by atoms with Gasteiger partial charge in [0.25, 0.3) is 0 Å². The highest BCUT2D eigenvalue weighted by molar-refractivity contribution is 5.25. The van der Waals surface area contributed by atoms with E-state index in [9.17, 15) is 5.11 Å². The van der Waals surface area contributed by atoms with Crippen molar-refractivity contribution in [2.24, 2.45) is 7.05 Å². The minimum Gasteiger partial charge on any atom is -0.388 e. The SMILES string of the molecule is Cn1ncc(CN2CC(C)(O)C2)c1C1CC1. The van der Waals surface area contributed by atoms with Crippen LogP contribution in [-0.2, 0) is 13.6 Å². The molecule has 4 nitrogen and oxygen atoms in total. The predicted molar refractivity (Wildman–Crippen MR) is 61.1 cm³/mol. The second-order valence-electron chi connectivity index (χ2n) is 5.60. The maximum Gasteiger partial charge on any atom is 0.0872 e. The third-order valence-electron chi connectivity index (χ3n) is 3.55. The van der Waals surface area contributed by atoms with Crippen molar-refractivity contribution >= 4 is 0 Å². The average molecular weight is 221 g/mol. The molecule has 2 heterocycles. The molecule has 0 spiro atoms. The van der Waals surface area contributed by atoms with Crippen LogP contribution >= 0.6 is 0 Å². The molecule has 0 aromatic carbocycles. The molecule has 2 fully saturated rings. The van der Waals surface area contributed by atoms with Gasteiger partial charge < -0.3 is 5.11 Å². The van der Waals surface area contributed by atoms with Gasteiger partial charge >= 0.3 is 0 Å². The molecule has 1 saturated carbocycles.